The zero-order valence-corrected chi connectivity index (χ0v) is 14.4. The molecule has 10 nitrogen and oxygen atoms in total. The van der Waals surface area contributed by atoms with Crippen molar-refractivity contribution in [2.75, 3.05) is 37.6 Å². The van der Waals surface area contributed by atoms with E-state index in [1.54, 1.807) is 23.4 Å². The number of carbonyl (C=O) groups is 2. The number of rotatable bonds is 5. The van der Waals surface area contributed by atoms with Gasteiger partial charge in [0.2, 0.25) is 11.9 Å². The first-order chi connectivity index (χ1) is 13.0. The van der Waals surface area contributed by atoms with E-state index in [-0.39, 0.29) is 23.7 Å². The fraction of sp³-hybridized carbons (Fsp3) is 0.294. The lowest BCUT2D eigenvalue weighted by Crippen LogP contribution is -2.51. The molecular weight excluding hydrogens is 352 g/mol. The zero-order chi connectivity index (χ0) is 19.2. The second-order valence-electron chi connectivity index (χ2n) is 5.91. The molecule has 1 aromatic heterocycles. The van der Waals surface area contributed by atoms with Crippen molar-refractivity contribution < 1.29 is 14.5 Å². The smallest absolute Gasteiger partial charge is 0.270 e. The Balaban J connectivity index is 1.49. The largest absolute Gasteiger partial charge is 0.343 e. The molecule has 1 aliphatic heterocycles. The number of nitrogens with one attached hydrogen (secondary N) is 1. The first kappa shape index (κ1) is 18.2. The molecule has 1 aromatic carbocycles. The summed E-state index contributed by atoms with van der Waals surface area (Å²) in [5.41, 5.74) is -0.0312. The van der Waals surface area contributed by atoms with Gasteiger partial charge < -0.3 is 15.1 Å². The lowest BCUT2D eigenvalue weighted by atomic mass is 10.2. The van der Waals surface area contributed by atoms with E-state index in [1.807, 2.05) is 4.90 Å². The van der Waals surface area contributed by atoms with E-state index in [9.17, 15) is 19.7 Å². The Kier molecular flexibility index (Phi) is 5.55. The molecule has 0 atom stereocenters. The van der Waals surface area contributed by atoms with Gasteiger partial charge in [-0.05, 0) is 12.1 Å². The Morgan fingerprint density at radius 2 is 1.81 bits per heavy atom. The summed E-state index contributed by atoms with van der Waals surface area (Å²) in [4.78, 5) is 46.7. The highest BCUT2D eigenvalue weighted by atomic mass is 16.6. The summed E-state index contributed by atoms with van der Waals surface area (Å²) in [7, 11) is 0. The zero-order valence-electron chi connectivity index (χ0n) is 14.4. The highest BCUT2D eigenvalue weighted by Gasteiger charge is 2.23. The number of nitro groups is 1. The van der Waals surface area contributed by atoms with Crippen LogP contribution in [0.3, 0.4) is 0 Å². The number of carbonyl (C=O) groups excluding carboxylic acids is 2. The molecule has 1 fully saturated rings. The first-order valence-corrected chi connectivity index (χ1v) is 8.37. The number of aromatic nitrogens is 2. The summed E-state index contributed by atoms with van der Waals surface area (Å²) in [6.45, 7) is 2.06. The van der Waals surface area contributed by atoms with E-state index < -0.39 is 10.8 Å². The highest BCUT2D eigenvalue weighted by molar-refractivity contribution is 5.97. The summed E-state index contributed by atoms with van der Waals surface area (Å²) in [6, 6.07) is 7.12. The van der Waals surface area contributed by atoms with Crippen LogP contribution in [0.5, 0.6) is 0 Å². The lowest BCUT2D eigenvalue weighted by Gasteiger charge is -2.34. The van der Waals surface area contributed by atoms with Crippen LogP contribution in [-0.2, 0) is 4.79 Å². The lowest BCUT2D eigenvalue weighted by molar-refractivity contribution is -0.384. The number of piperazine rings is 1. The monoisotopic (exact) mass is 370 g/mol. The number of nitrogens with zero attached hydrogens (tertiary/aromatic N) is 5. The fourth-order valence-corrected chi connectivity index (χ4v) is 2.74. The van der Waals surface area contributed by atoms with Crippen LogP contribution in [0.2, 0.25) is 0 Å². The van der Waals surface area contributed by atoms with E-state index in [0.29, 0.717) is 32.1 Å². The molecule has 1 aliphatic rings. The summed E-state index contributed by atoms with van der Waals surface area (Å²) in [5.74, 6) is -0.102. The van der Waals surface area contributed by atoms with Crippen LogP contribution in [0.15, 0.2) is 42.7 Å². The Morgan fingerprint density at radius 1 is 1.11 bits per heavy atom. The van der Waals surface area contributed by atoms with Gasteiger partial charge in [0.15, 0.2) is 0 Å². The molecule has 2 aromatic rings. The summed E-state index contributed by atoms with van der Waals surface area (Å²) in [6.07, 6.45) is 3.34. The maximum atomic E-state index is 12.3. The minimum absolute atomic E-state index is 0.142. The van der Waals surface area contributed by atoms with Crippen molar-refractivity contribution in [3.05, 3.63) is 58.4 Å². The van der Waals surface area contributed by atoms with Crippen molar-refractivity contribution in [3.8, 4) is 0 Å². The molecule has 0 spiro atoms. The number of benzene rings is 1. The molecule has 0 aliphatic carbocycles. The Labute approximate surface area is 155 Å². The van der Waals surface area contributed by atoms with Crippen LogP contribution in [-0.4, -0.2) is 64.3 Å². The van der Waals surface area contributed by atoms with E-state index in [4.69, 9.17) is 0 Å². The average molecular weight is 370 g/mol. The van der Waals surface area contributed by atoms with Crippen molar-refractivity contribution in [3.63, 3.8) is 0 Å². The van der Waals surface area contributed by atoms with Gasteiger partial charge in [-0.15, -0.1) is 0 Å². The van der Waals surface area contributed by atoms with Crippen LogP contribution in [0, 0.1) is 10.1 Å². The molecule has 3 rings (SSSR count). The van der Waals surface area contributed by atoms with Crippen LogP contribution in [0.25, 0.3) is 0 Å². The molecular formula is C17H18N6O4. The van der Waals surface area contributed by atoms with E-state index >= 15 is 0 Å². The van der Waals surface area contributed by atoms with Crippen LogP contribution >= 0.6 is 0 Å². The Bertz CT molecular complexity index is 836. The van der Waals surface area contributed by atoms with E-state index in [1.165, 1.54) is 24.3 Å². The van der Waals surface area contributed by atoms with Gasteiger partial charge in [-0.1, -0.05) is 6.07 Å². The molecule has 2 heterocycles. The van der Waals surface area contributed by atoms with E-state index in [2.05, 4.69) is 15.3 Å². The molecule has 0 radical (unpaired) electrons. The third-order valence-electron chi connectivity index (χ3n) is 4.19. The Hall–Kier alpha value is -3.56. The molecule has 0 bridgehead atoms. The van der Waals surface area contributed by atoms with Crippen molar-refractivity contribution in [2.45, 2.75) is 0 Å². The summed E-state index contributed by atoms with van der Waals surface area (Å²) < 4.78 is 0. The van der Waals surface area contributed by atoms with E-state index in [0.717, 1.165) is 0 Å². The third kappa shape index (κ3) is 4.54. The number of hydrogen-bond acceptors (Lipinski definition) is 7. The van der Waals surface area contributed by atoms with Gasteiger partial charge in [-0.2, -0.15) is 0 Å². The minimum Gasteiger partial charge on any atom is -0.343 e. The molecule has 27 heavy (non-hydrogen) atoms. The van der Waals surface area contributed by atoms with Crippen LogP contribution < -0.4 is 10.2 Å². The Morgan fingerprint density at radius 3 is 2.48 bits per heavy atom. The third-order valence-corrected chi connectivity index (χ3v) is 4.19. The van der Waals surface area contributed by atoms with Gasteiger partial charge in [0.1, 0.15) is 0 Å². The summed E-state index contributed by atoms with van der Waals surface area (Å²) >= 11 is 0. The first-order valence-electron chi connectivity index (χ1n) is 8.37. The average Bonchev–Trinajstić information content (AvgIpc) is 2.72. The number of nitro benzene ring substituents is 1. The van der Waals surface area contributed by atoms with Crippen molar-refractivity contribution >= 4 is 23.5 Å². The second kappa shape index (κ2) is 8.21. The normalized spacial score (nSPS) is 13.9. The van der Waals surface area contributed by atoms with Gasteiger partial charge in [0.25, 0.3) is 11.6 Å². The molecule has 1 N–H and O–H groups in total. The SMILES string of the molecule is O=C(NCC(=O)N1CCN(c2ncccn2)CC1)c1cccc([N+](=O)[O-])c1. The summed E-state index contributed by atoms with van der Waals surface area (Å²) in [5, 5.41) is 13.3. The number of anilines is 1. The van der Waals surface area contributed by atoms with Gasteiger partial charge >= 0.3 is 0 Å². The second-order valence-corrected chi connectivity index (χ2v) is 5.91. The van der Waals surface area contributed by atoms with Gasteiger partial charge in [-0.3, -0.25) is 19.7 Å². The maximum absolute atomic E-state index is 12.3. The van der Waals surface area contributed by atoms with Gasteiger partial charge in [0, 0.05) is 56.3 Å². The fourth-order valence-electron chi connectivity index (χ4n) is 2.74. The molecule has 1 saturated heterocycles. The molecule has 0 unspecified atom stereocenters. The molecule has 140 valence electrons. The van der Waals surface area contributed by atoms with Crippen molar-refractivity contribution in [1.29, 1.82) is 0 Å². The predicted octanol–water partition coefficient (Wildman–Crippen LogP) is 0.463. The van der Waals surface area contributed by atoms with Crippen molar-refractivity contribution in [2.24, 2.45) is 0 Å². The maximum Gasteiger partial charge on any atom is 0.270 e. The molecule has 0 saturated carbocycles. The number of non-ortho nitro benzene ring substituents is 1. The minimum atomic E-state index is -0.572. The molecule has 10 heteroatoms. The quantitative estimate of drug-likeness (QED) is 0.599. The standard InChI is InChI=1S/C17H18N6O4/c24-15(12-20-16(25)13-3-1-4-14(11-13)23(26)27)21-7-9-22(10-8-21)17-18-5-2-6-19-17/h1-6,11H,7-10,12H2,(H,20,25). The number of hydrogen-bond donors (Lipinski definition) is 1. The van der Waals surface area contributed by atoms with Crippen LogP contribution in [0.4, 0.5) is 11.6 Å². The van der Waals surface area contributed by atoms with Crippen LogP contribution in [0.1, 0.15) is 10.4 Å². The highest BCUT2D eigenvalue weighted by Crippen LogP contribution is 2.13. The number of amides is 2. The molecule has 2 amide bonds. The predicted molar refractivity (Wildman–Crippen MR) is 96.3 cm³/mol. The van der Waals surface area contributed by atoms with Crippen molar-refractivity contribution in [1.82, 2.24) is 20.2 Å². The topological polar surface area (TPSA) is 122 Å². The van der Waals surface area contributed by atoms with Gasteiger partial charge in [0.05, 0.1) is 11.5 Å². The van der Waals surface area contributed by atoms with Gasteiger partial charge in [-0.25, -0.2) is 9.97 Å².